The van der Waals surface area contributed by atoms with E-state index in [1.807, 2.05) is 32.9 Å². The summed E-state index contributed by atoms with van der Waals surface area (Å²) in [5.74, 6) is 1.74. The summed E-state index contributed by atoms with van der Waals surface area (Å²) in [5.41, 5.74) is 3.85. The number of amides is 1. The molecular weight excluding hydrogens is 499 g/mol. The molecule has 0 saturated carbocycles. The van der Waals surface area contributed by atoms with Gasteiger partial charge >= 0.3 is 5.91 Å². The Kier molecular flexibility index (Phi) is 7.20. The van der Waals surface area contributed by atoms with Crippen LogP contribution >= 0.6 is 22.6 Å². The van der Waals surface area contributed by atoms with Gasteiger partial charge in [-0.1, -0.05) is 0 Å². The molecule has 3 aromatic rings. The minimum absolute atomic E-state index is 0.0274. The number of ether oxygens (including phenoxy) is 3. The third-order valence-corrected chi connectivity index (χ3v) is 4.81. The van der Waals surface area contributed by atoms with Gasteiger partial charge in [0.05, 0.1) is 29.6 Å². The number of hydrazone groups is 1. The van der Waals surface area contributed by atoms with Crippen molar-refractivity contribution in [3.8, 4) is 17.2 Å². The van der Waals surface area contributed by atoms with Crippen molar-refractivity contribution in [3.63, 3.8) is 0 Å². The lowest BCUT2D eigenvalue weighted by molar-refractivity contribution is 0.0929. The summed E-state index contributed by atoms with van der Waals surface area (Å²) in [5, 5.41) is 4.82. The van der Waals surface area contributed by atoms with Crippen LogP contribution in [0, 0.1) is 3.57 Å². The third kappa shape index (κ3) is 5.24. The van der Waals surface area contributed by atoms with Crippen LogP contribution in [0.25, 0.3) is 11.0 Å². The number of methoxy groups -OCH3 is 1. The van der Waals surface area contributed by atoms with Crippen molar-refractivity contribution >= 4 is 45.7 Å². The first-order chi connectivity index (χ1) is 14.4. The summed E-state index contributed by atoms with van der Waals surface area (Å²) in [7, 11) is 1.58. The van der Waals surface area contributed by atoms with Gasteiger partial charge in [-0.3, -0.25) is 4.79 Å². The molecule has 0 saturated heterocycles. The lowest BCUT2D eigenvalue weighted by Crippen LogP contribution is -2.16. The zero-order valence-corrected chi connectivity index (χ0v) is 19.3. The number of hydrogen-bond donors (Lipinski definition) is 1. The second kappa shape index (κ2) is 9.84. The maximum Gasteiger partial charge on any atom is 0.307 e. The molecule has 0 aliphatic carbocycles. The number of carbonyl (C=O) groups is 1. The highest BCUT2D eigenvalue weighted by atomic mass is 127. The molecule has 1 aromatic heterocycles. The highest BCUT2D eigenvalue weighted by Gasteiger charge is 2.14. The molecule has 2 aromatic carbocycles. The largest absolute Gasteiger partial charge is 0.494 e. The Labute approximate surface area is 188 Å². The average molecular weight is 522 g/mol. The zero-order valence-electron chi connectivity index (χ0n) is 17.2. The Hall–Kier alpha value is -2.75. The molecule has 8 heteroatoms. The standard InChI is InChI=1S/C22H23IN2O5/c1-5-28-16-6-7-18-15(10-16)11-20(30-18)22(26)25-24-12-14-8-17(23)21(29-13(2)3)19(9-14)27-4/h6-13H,5H2,1-4H3,(H,25,26)/b24-12+. The Morgan fingerprint density at radius 1 is 1.27 bits per heavy atom. The van der Waals surface area contributed by atoms with Gasteiger partial charge in [0.2, 0.25) is 0 Å². The van der Waals surface area contributed by atoms with E-state index in [2.05, 4.69) is 33.1 Å². The molecule has 0 aliphatic heterocycles. The molecule has 0 unspecified atom stereocenters. The van der Waals surface area contributed by atoms with Gasteiger partial charge in [-0.25, -0.2) is 5.43 Å². The molecule has 1 amide bonds. The van der Waals surface area contributed by atoms with Crippen LogP contribution in [-0.2, 0) is 0 Å². The smallest absolute Gasteiger partial charge is 0.307 e. The van der Waals surface area contributed by atoms with Crippen LogP contribution in [0.4, 0.5) is 0 Å². The van der Waals surface area contributed by atoms with Crippen molar-refractivity contribution in [1.82, 2.24) is 5.43 Å². The number of rotatable bonds is 8. The maximum atomic E-state index is 12.4. The van der Waals surface area contributed by atoms with Gasteiger partial charge in [0.15, 0.2) is 17.3 Å². The second-order valence-electron chi connectivity index (χ2n) is 6.64. The second-order valence-corrected chi connectivity index (χ2v) is 7.81. The van der Waals surface area contributed by atoms with E-state index in [-0.39, 0.29) is 11.9 Å². The molecule has 0 radical (unpaired) electrons. The summed E-state index contributed by atoms with van der Waals surface area (Å²) in [6, 6.07) is 10.8. The van der Waals surface area contributed by atoms with E-state index in [4.69, 9.17) is 18.6 Å². The molecule has 3 rings (SSSR count). The Morgan fingerprint density at radius 2 is 2.07 bits per heavy atom. The first-order valence-corrected chi connectivity index (χ1v) is 10.5. The number of carbonyl (C=O) groups excluding carboxylic acids is 1. The number of furan rings is 1. The fraction of sp³-hybridized carbons (Fsp3) is 0.273. The first-order valence-electron chi connectivity index (χ1n) is 9.45. The van der Waals surface area contributed by atoms with E-state index in [1.54, 1.807) is 31.4 Å². The molecule has 158 valence electrons. The van der Waals surface area contributed by atoms with E-state index >= 15 is 0 Å². The summed E-state index contributed by atoms with van der Waals surface area (Å²) in [4.78, 5) is 12.4. The van der Waals surface area contributed by atoms with Gasteiger partial charge in [0.25, 0.3) is 0 Å². The van der Waals surface area contributed by atoms with E-state index in [9.17, 15) is 4.79 Å². The fourth-order valence-electron chi connectivity index (χ4n) is 2.77. The number of nitrogens with zero attached hydrogens (tertiary/aromatic N) is 1. The minimum atomic E-state index is -0.443. The lowest BCUT2D eigenvalue weighted by Gasteiger charge is -2.15. The van der Waals surface area contributed by atoms with Crippen LogP contribution in [0.2, 0.25) is 0 Å². The lowest BCUT2D eigenvalue weighted by atomic mass is 10.2. The third-order valence-electron chi connectivity index (χ3n) is 4.01. The van der Waals surface area contributed by atoms with Crippen molar-refractivity contribution < 1.29 is 23.4 Å². The number of fused-ring (bicyclic) bond motifs is 1. The van der Waals surface area contributed by atoms with Gasteiger partial charge in [0.1, 0.15) is 11.3 Å². The normalized spacial score (nSPS) is 11.3. The Bertz CT molecular complexity index is 1070. The van der Waals surface area contributed by atoms with Crippen molar-refractivity contribution in [2.45, 2.75) is 26.9 Å². The molecular formula is C22H23IN2O5. The van der Waals surface area contributed by atoms with Gasteiger partial charge in [-0.15, -0.1) is 0 Å². The van der Waals surface area contributed by atoms with E-state index < -0.39 is 5.91 Å². The summed E-state index contributed by atoms with van der Waals surface area (Å²) in [6.45, 7) is 6.39. The van der Waals surface area contributed by atoms with Crippen LogP contribution in [0.15, 0.2) is 45.9 Å². The van der Waals surface area contributed by atoms with Crippen LogP contribution in [-0.4, -0.2) is 31.9 Å². The minimum Gasteiger partial charge on any atom is -0.494 e. The highest BCUT2D eigenvalue weighted by Crippen LogP contribution is 2.34. The van der Waals surface area contributed by atoms with Gasteiger partial charge in [0, 0.05) is 5.39 Å². The monoisotopic (exact) mass is 522 g/mol. The summed E-state index contributed by atoms with van der Waals surface area (Å²) in [6.07, 6.45) is 1.57. The predicted octanol–water partition coefficient (Wildman–Crippen LogP) is 5.00. The molecule has 0 aliphatic rings. The summed E-state index contributed by atoms with van der Waals surface area (Å²) >= 11 is 2.18. The molecule has 0 atom stereocenters. The molecule has 30 heavy (non-hydrogen) atoms. The van der Waals surface area contributed by atoms with E-state index in [1.165, 1.54) is 6.21 Å². The fourth-order valence-corrected chi connectivity index (χ4v) is 3.53. The SMILES string of the molecule is CCOc1ccc2oc(C(=O)N/N=C/c3cc(I)c(OC(C)C)c(OC)c3)cc2c1. The van der Waals surface area contributed by atoms with Crippen molar-refractivity contribution in [2.75, 3.05) is 13.7 Å². The number of nitrogens with one attached hydrogen (secondary N) is 1. The Balaban J connectivity index is 1.72. The van der Waals surface area contributed by atoms with Crippen molar-refractivity contribution in [2.24, 2.45) is 5.10 Å². The number of hydrogen-bond acceptors (Lipinski definition) is 6. The number of halogens is 1. The van der Waals surface area contributed by atoms with Gasteiger partial charge in [-0.2, -0.15) is 5.10 Å². The zero-order chi connectivity index (χ0) is 21.7. The highest BCUT2D eigenvalue weighted by molar-refractivity contribution is 14.1. The summed E-state index contributed by atoms with van der Waals surface area (Å²) < 4.78 is 23.2. The molecule has 7 nitrogen and oxygen atoms in total. The average Bonchev–Trinajstić information content (AvgIpc) is 3.13. The Morgan fingerprint density at radius 3 is 2.77 bits per heavy atom. The van der Waals surface area contributed by atoms with Crippen molar-refractivity contribution in [1.29, 1.82) is 0 Å². The van der Waals surface area contributed by atoms with Crippen molar-refractivity contribution in [3.05, 3.63) is 51.3 Å². The number of benzene rings is 2. The van der Waals surface area contributed by atoms with Crippen LogP contribution in [0.5, 0.6) is 17.2 Å². The maximum absolute atomic E-state index is 12.4. The molecule has 1 N–H and O–H groups in total. The topological polar surface area (TPSA) is 82.3 Å². The molecule has 0 bridgehead atoms. The van der Waals surface area contributed by atoms with E-state index in [0.717, 1.165) is 20.3 Å². The van der Waals surface area contributed by atoms with Crippen LogP contribution in [0.3, 0.4) is 0 Å². The van der Waals surface area contributed by atoms with Crippen LogP contribution in [0.1, 0.15) is 36.9 Å². The van der Waals surface area contributed by atoms with Gasteiger partial charge in [-0.05, 0) is 85.3 Å². The quantitative estimate of drug-likeness (QED) is 0.256. The first kappa shape index (κ1) is 21.9. The predicted molar refractivity (Wildman–Crippen MR) is 124 cm³/mol. The van der Waals surface area contributed by atoms with Crippen LogP contribution < -0.4 is 19.6 Å². The van der Waals surface area contributed by atoms with Gasteiger partial charge < -0.3 is 18.6 Å². The van der Waals surface area contributed by atoms with E-state index in [0.29, 0.717) is 23.7 Å². The molecule has 1 heterocycles. The molecule has 0 fully saturated rings. The molecule has 0 spiro atoms.